The van der Waals surface area contributed by atoms with E-state index in [2.05, 4.69) is 17.0 Å². The molecule has 1 aliphatic heterocycles. The van der Waals surface area contributed by atoms with E-state index in [9.17, 15) is 4.79 Å². The van der Waals surface area contributed by atoms with Crippen molar-refractivity contribution in [3.05, 3.63) is 29.8 Å². The number of hydrogen-bond acceptors (Lipinski definition) is 3. The van der Waals surface area contributed by atoms with Crippen LogP contribution in [-0.4, -0.2) is 37.0 Å². The van der Waals surface area contributed by atoms with Crippen LogP contribution >= 0.6 is 12.4 Å². The van der Waals surface area contributed by atoms with E-state index in [1.54, 1.807) is 7.11 Å². The first-order valence-corrected chi connectivity index (χ1v) is 10.8. The van der Waals surface area contributed by atoms with Gasteiger partial charge >= 0.3 is 0 Å². The van der Waals surface area contributed by atoms with Gasteiger partial charge in [-0.15, -0.1) is 12.4 Å². The molecule has 0 radical (unpaired) electrons. The van der Waals surface area contributed by atoms with Crippen molar-refractivity contribution in [3.63, 3.8) is 0 Å². The van der Waals surface area contributed by atoms with Crippen LogP contribution in [0.1, 0.15) is 50.5 Å². The monoisotopic (exact) mass is 406 g/mol. The third-order valence-electron chi connectivity index (χ3n) is 7.37. The minimum absolute atomic E-state index is 0. The summed E-state index contributed by atoms with van der Waals surface area (Å²) in [5, 5.41) is 0. The van der Waals surface area contributed by atoms with E-state index >= 15 is 0 Å². The quantitative estimate of drug-likeness (QED) is 0.820. The summed E-state index contributed by atoms with van der Waals surface area (Å²) in [5.74, 6) is 3.41. The van der Waals surface area contributed by atoms with Crippen LogP contribution in [0.2, 0.25) is 0 Å². The van der Waals surface area contributed by atoms with E-state index in [1.807, 2.05) is 12.1 Å². The summed E-state index contributed by atoms with van der Waals surface area (Å²) in [6.07, 6.45) is 9.17. The third-order valence-corrected chi connectivity index (χ3v) is 7.37. The van der Waals surface area contributed by atoms with E-state index in [0.29, 0.717) is 29.7 Å². The van der Waals surface area contributed by atoms with Crippen LogP contribution < -0.4 is 10.5 Å². The number of nitrogens with zero attached hydrogens (tertiary/aromatic N) is 1. The summed E-state index contributed by atoms with van der Waals surface area (Å²) in [6, 6.07) is 8.76. The Labute approximate surface area is 175 Å². The van der Waals surface area contributed by atoms with Gasteiger partial charge in [-0.2, -0.15) is 0 Å². The molecule has 4 rings (SSSR count). The first kappa shape index (κ1) is 21.4. The van der Waals surface area contributed by atoms with Crippen molar-refractivity contribution in [3.8, 4) is 5.75 Å². The van der Waals surface area contributed by atoms with Crippen molar-refractivity contribution in [2.75, 3.05) is 20.2 Å². The average Bonchev–Trinajstić information content (AvgIpc) is 2.68. The summed E-state index contributed by atoms with van der Waals surface area (Å²) in [4.78, 5) is 15.3. The molecule has 1 aromatic carbocycles. The molecular weight excluding hydrogens is 372 g/mol. The largest absolute Gasteiger partial charge is 0.497 e. The summed E-state index contributed by atoms with van der Waals surface area (Å²) in [7, 11) is 1.70. The minimum Gasteiger partial charge on any atom is -0.497 e. The number of halogens is 1. The van der Waals surface area contributed by atoms with Gasteiger partial charge in [0, 0.05) is 25.0 Å². The zero-order valence-electron chi connectivity index (χ0n) is 17.0. The molecular formula is C23H35ClN2O2. The number of hydrogen-bond donors (Lipinski definition) is 1. The second kappa shape index (κ2) is 9.49. The molecule has 1 heterocycles. The lowest BCUT2D eigenvalue weighted by molar-refractivity contribution is -0.140. The maximum Gasteiger partial charge on any atom is 0.225 e. The number of fused-ring (bicyclic) bond motifs is 2. The second-order valence-electron chi connectivity index (χ2n) is 9.02. The fourth-order valence-corrected chi connectivity index (χ4v) is 5.70. The minimum atomic E-state index is 0. The molecule has 156 valence electrons. The number of piperidine rings is 1. The van der Waals surface area contributed by atoms with Crippen LogP contribution in [0, 0.1) is 23.7 Å². The normalized spacial score (nSPS) is 30.4. The number of likely N-dealkylation sites (tertiary alicyclic amines) is 1. The predicted molar refractivity (Wildman–Crippen MR) is 115 cm³/mol. The first-order valence-electron chi connectivity index (χ1n) is 10.8. The van der Waals surface area contributed by atoms with Gasteiger partial charge in [-0.3, -0.25) is 4.79 Å². The number of rotatable bonds is 4. The van der Waals surface area contributed by atoms with Crippen molar-refractivity contribution in [1.82, 2.24) is 4.90 Å². The molecule has 1 amide bonds. The van der Waals surface area contributed by atoms with Crippen LogP contribution in [0.15, 0.2) is 24.3 Å². The summed E-state index contributed by atoms with van der Waals surface area (Å²) in [5.41, 5.74) is 7.77. The fourth-order valence-electron chi connectivity index (χ4n) is 5.70. The lowest BCUT2D eigenvalue weighted by Crippen LogP contribution is -2.50. The Morgan fingerprint density at radius 2 is 1.68 bits per heavy atom. The van der Waals surface area contributed by atoms with Gasteiger partial charge in [0.1, 0.15) is 5.75 Å². The van der Waals surface area contributed by atoms with Crippen LogP contribution in [0.4, 0.5) is 0 Å². The van der Waals surface area contributed by atoms with Crippen molar-refractivity contribution in [1.29, 1.82) is 0 Å². The summed E-state index contributed by atoms with van der Waals surface area (Å²) < 4.78 is 5.24. The number of carbonyl (C=O) groups is 1. The highest BCUT2D eigenvalue weighted by Gasteiger charge is 2.41. The Kier molecular flexibility index (Phi) is 7.27. The Morgan fingerprint density at radius 1 is 1.07 bits per heavy atom. The van der Waals surface area contributed by atoms with Crippen molar-refractivity contribution >= 4 is 18.3 Å². The van der Waals surface area contributed by atoms with Crippen molar-refractivity contribution in [2.45, 2.75) is 57.4 Å². The van der Waals surface area contributed by atoms with Gasteiger partial charge in [-0.1, -0.05) is 18.6 Å². The van der Waals surface area contributed by atoms with Gasteiger partial charge in [0.25, 0.3) is 0 Å². The molecule has 2 unspecified atom stereocenters. The molecule has 2 atom stereocenters. The third kappa shape index (κ3) is 4.65. The van der Waals surface area contributed by atoms with Gasteiger partial charge < -0.3 is 15.4 Å². The summed E-state index contributed by atoms with van der Waals surface area (Å²) in [6.45, 7) is 1.86. The van der Waals surface area contributed by atoms with E-state index in [1.165, 1.54) is 24.8 Å². The first-order chi connectivity index (χ1) is 13.1. The molecule has 2 saturated carbocycles. The zero-order chi connectivity index (χ0) is 18.8. The van der Waals surface area contributed by atoms with Gasteiger partial charge in [0.05, 0.1) is 7.11 Å². The van der Waals surface area contributed by atoms with E-state index in [0.717, 1.165) is 50.9 Å². The maximum atomic E-state index is 13.1. The number of nitrogens with two attached hydrogens (primary N) is 1. The zero-order valence-corrected chi connectivity index (χ0v) is 17.8. The van der Waals surface area contributed by atoms with Crippen LogP contribution in [0.5, 0.6) is 5.75 Å². The molecule has 4 nitrogen and oxygen atoms in total. The Morgan fingerprint density at radius 3 is 2.25 bits per heavy atom. The van der Waals surface area contributed by atoms with E-state index in [4.69, 9.17) is 10.5 Å². The van der Waals surface area contributed by atoms with Crippen LogP contribution in [0.3, 0.4) is 0 Å². The molecule has 0 aromatic heterocycles. The number of ether oxygens (including phenoxy) is 1. The maximum absolute atomic E-state index is 13.1. The molecule has 2 N–H and O–H groups in total. The molecule has 0 spiro atoms. The number of benzene rings is 1. The average molecular weight is 407 g/mol. The van der Waals surface area contributed by atoms with Crippen LogP contribution in [0.25, 0.3) is 0 Å². The van der Waals surface area contributed by atoms with Gasteiger partial charge in [-0.25, -0.2) is 0 Å². The topological polar surface area (TPSA) is 55.6 Å². The smallest absolute Gasteiger partial charge is 0.225 e. The highest BCUT2D eigenvalue weighted by Crippen LogP contribution is 2.42. The van der Waals surface area contributed by atoms with Gasteiger partial charge in [-0.05, 0) is 80.4 Å². The Bertz CT molecular complexity index is 629. The highest BCUT2D eigenvalue weighted by molar-refractivity contribution is 5.85. The van der Waals surface area contributed by atoms with Gasteiger partial charge in [0.15, 0.2) is 0 Å². The van der Waals surface area contributed by atoms with Gasteiger partial charge in [0.2, 0.25) is 5.91 Å². The molecule has 2 bridgehead atoms. The molecule has 3 fully saturated rings. The lowest BCUT2D eigenvalue weighted by Gasteiger charge is -2.45. The number of carbonyl (C=O) groups excluding carboxylic acids is 1. The molecule has 1 aromatic rings. The SMILES string of the molecule is COc1ccc(CC2CCN(C(=O)C3CC4CCCC(C3)C4N)CC2)cc1.Cl. The standard InChI is InChI=1S/C23H34N2O2.ClH/c1-27-21-7-5-16(6-8-21)13-17-9-11-25(12-10-17)23(26)20-14-18-3-2-4-19(15-20)22(18)24;/h5-8,17-20,22H,2-4,9-15,24H2,1H3;1H. The molecule has 3 aliphatic rings. The molecule has 5 heteroatoms. The Balaban J connectivity index is 0.00000225. The van der Waals surface area contributed by atoms with Crippen molar-refractivity contribution in [2.24, 2.45) is 29.4 Å². The molecule has 2 aliphatic carbocycles. The summed E-state index contributed by atoms with van der Waals surface area (Å²) >= 11 is 0. The second-order valence-corrected chi connectivity index (χ2v) is 9.02. The van der Waals surface area contributed by atoms with Crippen molar-refractivity contribution < 1.29 is 9.53 Å². The molecule has 28 heavy (non-hydrogen) atoms. The highest BCUT2D eigenvalue weighted by atomic mass is 35.5. The van der Waals surface area contributed by atoms with E-state index in [-0.39, 0.29) is 18.3 Å². The van der Waals surface area contributed by atoms with Crippen LogP contribution in [-0.2, 0) is 11.2 Å². The lowest BCUT2D eigenvalue weighted by atomic mass is 9.65. The number of methoxy groups -OCH3 is 1. The van der Waals surface area contributed by atoms with E-state index < -0.39 is 0 Å². The fraction of sp³-hybridized carbons (Fsp3) is 0.696. The Hall–Kier alpha value is -1.26. The number of amides is 1. The predicted octanol–water partition coefficient (Wildman–Crippen LogP) is 4.05. The molecule has 1 saturated heterocycles.